The molecule has 2 aromatic heterocycles. The molecule has 0 aliphatic carbocycles. The average Bonchev–Trinajstić information content (AvgIpc) is 2.93. The molecule has 1 atom stereocenters. The molecular formula is C25H34F3N9O4Si. The quantitative estimate of drug-likeness (QED) is 0.164. The highest BCUT2D eigenvalue weighted by molar-refractivity contribution is 6.76. The van der Waals surface area contributed by atoms with Gasteiger partial charge in [-0.25, -0.2) is 14.6 Å². The minimum Gasteiger partial charge on any atom is -0.386 e. The molecule has 0 aromatic carbocycles. The molecule has 0 bridgehead atoms. The van der Waals surface area contributed by atoms with Crippen LogP contribution in [0.2, 0.25) is 25.7 Å². The summed E-state index contributed by atoms with van der Waals surface area (Å²) in [4.78, 5) is 41.9. The van der Waals surface area contributed by atoms with Gasteiger partial charge in [0.05, 0.1) is 42.1 Å². The summed E-state index contributed by atoms with van der Waals surface area (Å²) in [5, 5.41) is 18.9. The number of carbonyl (C=O) groups excluding carboxylic acids is 1. The average molecular weight is 610 g/mol. The Balaban J connectivity index is 1.49. The molecule has 1 aliphatic heterocycles. The van der Waals surface area contributed by atoms with Crippen LogP contribution in [0.5, 0.6) is 0 Å². The zero-order valence-electron chi connectivity index (χ0n) is 23.9. The molecule has 42 heavy (non-hydrogen) atoms. The maximum absolute atomic E-state index is 13.8. The molecule has 1 N–H and O–H groups in total. The van der Waals surface area contributed by atoms with E-state index in [0.29, 0.717) is 49.0 Å². The molecule has 1 amide bonds. The Morgan fingerprint density at radius 3 is 2.48 bits per heavy atom. The maximum atomic E-state index is 13.8. The zero-order valence-corrected chi connectivity index (χ0v) is 24.9. The molecule has 2 aromatic rings. The van der Waals surface area contributed by atoms with E-state index in [2.05, 4.69) is 45.2 Å². The van der Waals surface area contributed by atoms with E-state index >= 15 is 0 Å². The molecule has 0 radical (unpaired) electrons. The largest absolute Gasteiger partial charge is 0.423 e. The second-order valence-corrected chi connectivity index (χ2v) is 16.4. The lowest BCUT2D eigenvalue weighted by molar-refractivity contribution is -0.139. The summed E-state index contributed by atoms with van der Waals surface area (Å²) in [6.45, 7) is 9.25. The van der Waals surface area contributed by atoms with E-state index in [1.54, 1.807) is 4.90 Å². The monoisotopic (exact) mass is 609 g/mol. The third kappa shape index (κ3) is 9.51. The van der Waals surface area contributed by atoms with E-state index in [1.165, 1.54) is 25.5 Å². The van der Waals surface area contributed by atoms with Crippen molar-refractivity contribution in [3.63, 3.8) is 0 Å². The van der Waals surface area contributed by atoms with Crippen molar-refractivity contribution in [2.24, 2.45) is 5.16 Å². The number of aromatic nitrogens is 4. The number of amides is 1. The number of alkyl halides is 3. The van der Waals surface area contributed by atoms with Crippen LogP contribution in [-0.2, 0) is 27.3 Å². The van der Waals surface area contributed by atoms with E-state index < -0.39 is 37.1 Å². The summed E-state index contributed by atoms with van der Waals surface area (Å²) in [5.41, 5.74) is -2.87. The minimum absolute atomic E-state index is 0.313. The van der Waals surface area contributed by atoms with Gasteiger partial charge in [0.15, 0.2) is 6.61 Å². The SMILES string of the molecule is CC(C=NOCC(=O)N1CCN(c2ncc(C#N)cn2)CC1)Nc1cnn(COCC[Si](C)(C)C)c(=O)c1C(F)(F)F. The molecule has 0 spiro atoms. The molecular weight excluding hydrogens is 575 g/mol. The number of nitrogens with one attached hydrogen (secondary N) is 1. The van der Waals surface area contributed by atoms with Crippen molar-refractivity contribution in [1.82, 2.24) is 24.6 Å². The van der Waals surface area contributed by atoms with Crippen molar-refractivity contribution in [3.05, 3.63) is 40.1 Å². The number of piperazine rings is 1. The highest BCUT2D eigenvalue weighted by Crippen LogP contribution is 2.31. The highest BCUT2D eigenvalue weighted by atomic mass is 28.3. The lowest BCUT2D eigenvalue weighted by Gasteiger charge is -2.34. The fourth-order valence-electron chi connectivity index (χ4n) is 3.79. The van der Waals surface area contributed by atoms with Crippen molar-refractivity contribution < 1.29 is 27.5 Å². The minimum atomic E-state index is -4.93. The number of anilines is 2. The van der Waals surface area contributed by atoms with Gasteiger partial charge in [0.2, 0.25) is 5.95 Å². The first-order chi connectivity index (χ1) is 19.8. The summed E-state index contributed by atoms with van der Waals surface area (Å²) in [6.07, 6.45) is 0.0316. The summed E-state index contributed by atoms with van der Waals surface area (Å²) >= 11 is 0. The van der Waals surface area contributed by atoms with Gasteiger partial charge in [-0.3, -0.25) is 9.59 Å². The van der Waals surface area contributed by atoms with Crippen LogP contribution in [0.3, 0.4) is 0 Å². The van der Waals surface area contributed by atoms with Crippen molar-refractivity contribution in [3.8, 4) is 6.07 Å². The zero-order chi connectivity index (χ0) is 30.9. The van der Waals surface area contributed by atoms with E-state index in [9.17, 15) is 22.8 Å². The Morgan fingerprint density at radius 2 is 1.88 bits per heavy atom. The van der Waals surface area contributed by atoms with Crippen LogP contribution in [0.25, 0.3) is 0 Å². The van der Waals surface area contributed by atoms with Gasteiger partial charge in [-0.05, 0) is 13.0 Å². The number of ether oxygens (including phenoxy) is 1. The van der Waals surface area contributed by atoms with Crippen LogP contribution < -0.4 is 15.8 Å². The molecule has 1 unspecified atom stereocenters. The first kappa shape index (κ1) is 32.5. The highest BCUT2D eigenvalue weighted by Gasteiger charge is 2.38. The van der Waals surface area contributed by atoms with Crippen molar-refractivity contribution in [2.45, 2.75) is 51.6 Å². The Labute approximate surface area is 241 Å². The number of halogens is 3. The third-order valence-electron chi connectivity index (χ3n) is 6.15. The first-order valence-corrected chi connectivity index (χ1v) is 16.9. The molecule has 3 heterocycles. The Kier molecular flexibility index (Phi) is 11.0. The van der Waals surface area contributed by atoms with Crippen molar-refractivity contribution >= 4 is 31.8 Å². The van der Waals surface area contributed by atoms with Crippen LogP contribution in [0, 0.1) is 11.3 Å². The summed E-state index contributed by atoms with van der Waals surface area (Å²) in [5.74, 6) is 0.155. The molecule has 3 rings (SSSR count). The lowest BCUT2D eigenvalue weighted by atomic mass is 10.2. The number of nitriles is 1. The van der Waals surface area contributed by atoms with Gasteiger partial charge >= 0.3 is 6.18 Å². The standard InChI is InChI=1S/C25H34F3N9O4Si/c1-18(34-20-15-32-37(17-40-9-10-42(2,3)4)23(39)22(20)25(26,27)28)12-33-41-16-21(38)35-5-7-36(8-6-35)24-30-13-19(11-29)14-31-24/h12-15,18,34H,5-10,16-17H2,1-4H3. The van der Waals surface area contributed by atoms with Gasteiger partial charge < -0.3 is 24.7 Å². The number of hydrogen-bond acceptors (Lipinski definition) is 11. The van der Waals surface area contributed by atoms with Gasteiger partial charge in [-0.2, -0.15) is 23.5 Å². The fourth-order valence-corrected chi connectivity index (χ4v) is 4.55. The van der Waals surface area contributed by atoms with E-state index in [1.807, 2.05) is 11.0 Å². The number of hydrogen-bond donors (Lipinski definition) is 1. The van der Waals surface area contributed by atoms with E-state index in [0.717, 1.165) is 12.2 Å². The lowest BCUT2D eigenvalue weighted by Crippen LogP contribution is -2.50. The molecule has 1 aliphatic rings. The van der Waals surface area contributed by atoms with Crippen molar-refractivity contribution in [2.75, 3.05) is 49.6 Å². The van der Waals surface area contributed by atoms with E-state index in [4.69, 9.17) is 14.8 Å². The predicted octanol–water partition coefficient (Wildman–Crippen LogP) is 2.39. The number of oxime groups is 1. The van der Waals surface area contributed by atoms with Crippen molar-refractivity contribution in [1.29, 1.82) is 5.26 Å². The maximum Gasteiger partial charge on any atom is 0.423 e. The Hall–Kier alpha value is -4.04. The first-order valence-electron chi connectivity index (χ1n) is 13.2. The second kappa shape index (κ2) is 14.2. The molecule has 0 saturated carbocycles. The van der Waals surface area contributed by atoms with Gasteiger partial charge in [0, 0.05) is 40.9 Å². The van der Waals surface area contributed by atoms with Gasteiger partial charge in [-0.1, -0.05) is 24.8 Å². The van der Waals surface area contributed by atoms with Gasteiger partial charge in [0.1, 0.15) is 18.4 Å². The van der Waals surface area contributed by atoms with Gasteiger partial charge in [0.25, 0.3) is 11.5 Å². The fraction of sp³-hybridized carbons (Fsp3) is 0.560. The number of rotatable bonds is 12. The summed E-state index contributed by atoms with van der Waals surface area (Å²) < 4.78 is 47.3. The summed E-state index contributed by atoms with van der Waals surface area (Å²) in [7, 11) is -1.40. The van der Waals surface area contributed by atoms with Crippen LogP contribution >= 0.6 is 0 Å². The number of carbonyl (C=O) groups is 1. The molecule has 228 valence electrons. The smallest absolute Gasteiger partial charge is 0.386 e. The van der Waals surface area contributed by atoms with Crippen LogP contribution in [0.1, 0.15) is 18.1 Å². The molecule has 1 saturated heterocycles. The van der Waals surface area contributed by atoms with Crippen LogP contribution in [0.4, 0.5) is 24.8 Å². The summed E-state index contributed by atoms with van der Waals surface area (Å²) in [6, 6.07) is 1.96. The molecule has 17 heteroatoms. The predicted molar refractivity (Wildman–Crippen MR) is 151 cm³/mol. The molecule has 1 fully saturated rings. The van der Waals surface area contributed by atoms with E-state index in [-0.39, 0.29) is 19.2 Å². The Bertz CT molecular complexity index is 1330. The number of nitrogens with zero attached hydrogens (tertiary/aromatic N) is 8. The normalized spacial score (nSPS) is 15.0. The van der Waals surface area contributed by atoms with Gasteiger partial charge in [-0.15, -0.1) is 0 Å². The third-order valence-corrected chi connectivity index (χ3v) is 7.85. The van der Waals surface area contributed by atoms with Crippen LogP contribution in [0.15, 0.2) is 28.5 Å². The topological polar surface area (TPSA) is 151 Å². The molecule has 13 nitrogen and oxygen atoms in total. The Morgan fingerprint density at radius 1 is 1.21 bits per heavy atom. The second-order valence-electron chi connectivity index (χ2n) is 10.8. The van der Waals surface area contributed by atoms with Crippen LogP contribution in [-0.4, -0.2) is 90.3 Å².